The molecule has 1 N–H and O–H groups in total. The summed E-state index contributed by atoms with van der Waals surface area (Å²) in [5.74, 6) is -0.362. The number of hydrogen-bond donors (Lipinski definition) is 1. The van der Waals surface area contributed by atoms with E-state index in [1.165, 1.54) is 24.3 Å². The van der Waals surface area contributed by atoms with Gasteiger partial charge in [-0.05, 0) is 37.3 Å². The fourth-order valence-corrected chi connectivity index (χ4v) is 3.80. The van der Waals surface area contributed by atoms with Crippen molar-refractivity contribution in [2.24, 2.45) is 0 Å². The number of benzene rings is 2. The molecule has 1 saturated heterocycles. The lowest BCUT2D eigenvalue weighted by atomic mass is 10.1. The number of Topliss-reactive ketones (excluding diaryl/α,β-unsaturated/α-hetero) is 1. The SMILES string of the molecule is Cc1[nH]c2ccccc2c1C(=O)CN1CCN(C(=O)c2ccc(F)cc2)CC1. The number of nitrogens with zero attached hydrogens (tertiary/aromatic N) is 2. The van der Waals surface area contributed by atoms with Crippen molar-refractivity contribution in [1.29, 1.82) is 0 Å². The Kier molecular flexibility index (Phi) is 4.96. The molecule has 1 aliphatic heterocycles. The van der Waals surface area contributed by atoms with Crippen LogP contribution in [0.15, 0.2) is 48.5 Å². The zero-order valence-corrected chi connectivity index (χ0v) is 15.7. The maximum atomic E-state index is 13.0. The lowest BCUT2D eigenvalue weighted by Gasteiger charge is -2.34. The smallest absolute Gasteiger partial charge is 0.253 e. The predicted octanol–water partition coefficient (Wildman–Crippen LogP) is 3.26. The van der Waals surface area contributed by atoms with Gasteiger partial charge in [-0.15, -0.1) is 0 Å². The van der Waals surface area contributed by atoms with Gasteiger partial charge in [0.25, 0.3) is 5.91 Å². The summed E-state index contributed by atoms with van der Waals surface area (Å²) in [4.78, 5) is 32.5. The van der Waals surface area contributed by atoms with Crippen LogP contribution < -0.4 is 0 Å². The monoisotopic (exact) mass is 379 g/mol. The van der Waals surface area contributed by atoms with Crippen LogP contribution in [0.3, 0.4) is 0 Å². The van der Waals surface area contributed by atoms with Gasteiger partial charge >= 0.3 is 0 Å². The number of aromatic nitrogens is 1. The molecule has 28 heavy (non-hydrogen) atoms. The third-order valence-corrected chi connectivity index (χ3v) is 5.29. The predicted molar refractivity (Wildman–Crippen MR) is 106 cm³/mol. The number of fused-ring (bicyclic) bond motifs is 1. The molecule has 144 valence electrons. The second-order valence-electron chi connectivity index (χ2n) is 7.17. The van der Waals surface area contributed by atoms with Crippen molar-refractivity contribution in [3.8, 4) is 0 Å². The first-order chi connectivity index (χ1) is 13.5. The number of amides is 1. The minimum atomic E-state index is -0.354. The lowest BCUT2D eigenvalue weighted by Crippen LogP contribution is -2.49. The van der Waals surface area contributed by atoms with Crippen molar-refractivity contribution in [3.63, 3.8) is 0 Å². The van der Waals surface area contributed by atoms with E-state index in [-0.39, 0.29) is 17.5 Å². The number of carbonyl (C=O) groups is 2. The van der Waals surface area contributed by atoms with Crippen molar-refractivity contribution < 1.29 is 14.0 Å². The summed E-state index contributed by atoms with van der Waals surface area (Å²) in [6.07, 6.45) is 0. The molecule has 4 rings (SSSR count). The fourth-order valence-electron chi connectivity index (χ4n) is 3.80. The van der Waals surface area contributed by atoms with Gasteiger partial charge in [-0.25, -0.2) is 4.39 Å². The molecule has 0 unspecified atom stereocenters. The molecule has 1 aromatic heterocycles. The number of halogens is 1. The molecule has 0 radical (unpaired) electrons. The number of para-hydroxylation sites is 1. The second-order valence-corrected chi connectivity index (χ2v) is 7.17. The number of rotatable bonds is 4. The molecule has 1 amide bonds. The molecule has 3 aromatic rings. The van der Waals surface area contributed by atoms with Gasteiger partial charge < -0.3 is 9.88 Å². The highest BCUT2D eigenvalue weighted by molar-refractivity contribution is 6.10. The van der Waals surface area contributed by atoms with E-state index in [1.54, 1.807) is 4.90 Å². The molecular formula is C22H22FN3O2. The first kappa shape index (κ1) is 18.4. The van der Waals surface area contributed by atoms with Gasteiger partial charge in [-0.2, -0.15) is 0 Å². The normalized spacial score (nSPS) is 15.1. The standard InChI is InChI=1S/C22H22FN3O2/c1-15-21(18-4-2-3-5-19(18)24-15)20(27)14-25-10-12-26(13-11-25)22(28)16-6-8-17(23)9-7-16/h2-9,24H,10-14H2,1H3. The first-order valence-electron chi connectivity index (χ1n) is 9.40. The molecule has 0 spiro atoms. The number of carbonyl (C=O) groups excluding carboxylic acids is 2. The summed E-state index contributed by atoms with van der Waals surface area (Å²) in [6.45, 7) is 4.64. The van der Waals surface area contributed by atoms with Gasteiger partial charge in [-0.1, -0.05) is 18.2 Å². The highest BCUT2D eigenvalue weighted by Gasteiger charge is 2.25. The van der Waals surface area contributed by atoms with Crippen LogP contribution in [-0.2, 0) is 0 Å². The molecule has 0 aliphatic carbocycles. The summed E-state index contributed by atoms with van der Waals surface area (Å²) in [5.41, 5.74) is 3.09. The summed E-state index contributed by atoms with van der Waals surface area (Å²) in [7, 11) is 0. The summed E-state index contributed by atoms with van der Waals surface area (Å²) in [6, 6.07) is 13.4. The van der Waals surface area contributed by atoms with Crippen molar-refractivity contribution in [1.82, 2.24) is 14.8 Å². The van der Waals surface area contributed by atoms with Crippen molar-refractivity contribution >= 4 is 22.6 Å². The van der Waals surface area contributed by atoms with Gasteiger partial charge in [0.1, 0.15) is 5.82 Å². The Balaban J connectivity index is 1.39. The molecule has 6 heteroatoms. The molecule has 1 fully saturated rings. The third kappa shape index (κ3) is 3.55. The Morgan fingerprint density at radius 2 is 1.68 bits per heavy atom. The number of nitrogens with one attached hydrogen (secondary N) is 1. The molecule has 0 saturated carbocycles. The van der Waals surface area contributed by atoms with Gasteiger partial charge in [0.2, 0.25) is 0 Å². The van der Waals surface area contributed by atoms with Gasteiger partial charge in [0.05, 0.1) is 6.54 Å². The van der Waals surface area contributed by atoms with E-state index in [1.807, 2.05) is 31.2 Å². The van der Waals surface area contributed by atoms with E-state index >= 15 is 0 Å². The fraction of sp³-hybridized carbons (Fsp3) is 0.273. The Labute approximate surface area is 162 Å². The van der Waals surface area contributed by atoms with E-state index in [0.29, 0.717) is 38.3 Å². The average molecular weight is 379 g/mol. The highest BCUT2D eigenvalue weighted by Crippen LogP contribution is 2.22. The first-order valence-corrected chi connectivity index (χ1v) is 9.40. The molecule has 0 bridgehead atoms. The van der Waals surface area contributed by atoms with Gasteiger partial charge in [0, 0.05) is 53.9 Å². The second kappa shape index (κ2) is 7.56. The number of hydrogen-bond acceptors (Lipinski definition) is 3. The quantitative estimate of drug-likeness (QED) is 0.708. The minimum absolute atomic E-state index is 0.0910. The number of H-pyrrole nitrogens is 1. The van der Waals surface area contributed by atoms with Crippen molar-refractivity contribution in [2.45, 2.75) is 6.92 Å². The van der Waals surface area contributed by atoms with Crippen LogP contribution in [0.25, 0.3) is 10.9 Å². The van der Waals surface area contributed by atoms with Crippen LogP contribution in [0.4, 0.5) is 4.39 Å². The molecule has 5 nitrogen and oxygen atoms in total. The maximum Gasteiger partial charge on any atom is 0.253 e. The van der Waals surface area contributed by atoms with Crippen LogP contribution in [0, 0.1) is 12.7 Å². The number of ketones is 1. The van der Waals surface area contributed by atoms with E-state index in [0.717, 1.165) is 22.2 Å². The van der Waals surface area contributed by atoms with Crippen LogP contribution in [-0.4, -0.2) is 59.2 Å². The molecule has 2 aromatic carbocycles. The Hall–Kier alpha value is -2.99. The van der Waals surface area contributed by atoms with Crippen LogP contribution >= 0.6 is 0 Å². The van der Waals surface area contributed by atoms with E-state index in [9.17, 15) is 14.0 Å². The highest BCUT2D eigenvalue weighted by atomic mass is 19.1. The Bertz CT molecular complexity index is 1020. The largest absolute Gasteiger partial charge is 0.358 e. The number of aryl methyl sites for hydroxylation is 1. The van der Waals surface area contributed by atoms with E-state index in [2.05, 4.69) is 9.88 Å². The zero-order chi connectivity index (χ0) is 19.7. The lowest BCUT2D eigenvalue weighted by molar-refractivity contribution is 0.0624. The van der Waals surface area contributed by atoms with Gasteiger partial charge in [-0.3, -0.25) is 14.5 Å². The van der Waals surface area contributed by atoms with Crippen LogP contribution in [0.1, 0.15) is 26.4 Å². The topological polar surface area (TPSA) is 56.4 Å². The minimum Gasteiger partial charge on any atom is -0.358 e. The zero-order valence-electron chi connectivity index (χ0n) is 15.7. The Morgan fingerprint density at radius 1 is 1.00 bits per heavy atom. The average Bonchev–Trinajstić information content (AvgIpc) is 3.04. The van der Waals surface area contributed by atoms with E-state index < -0.39 is 0 Å². The molecule has 0 atom stereocenters. The van der Waals surface area contributed by atoms with Crippen LogP contribution in [0.2, 0.25) is 0 Å². The van der Waals surface area contributed by atoms with Crippen LogP contribution in [0.5, 0.6) is 0 Å². The van der Waals surface area contributed by atoms with E-state index in [4.69, 9.17) is 0 Å². The Morgan fingerprint density at radius 3 is 2.39 bits per heavy atom. The third-order valence-electron chi connectivity index (χ3n) is 5.29. The number of piperazine rings is 1. The summed E-state index contributed by atoms with van der Waals surface area (Å²) >= 11 is 0. The van der Waals surface area contributed by atoms with Gasteiger partial charge in [0.15, 0.2) is 5.78 Å². The maximum absolute atomic E-state index is 13.0. The molecular weight excluding hydrogens is 357 g/mol. The van der Waals surface area contributed by atoms with Crippen molar-refractivity contribution in [2.75, 3.05) is 32.7 Å². The molecule has 1 aliphatic rings. The summed E-state index contributed by atoms with van der Waals surface area (Å²) in [5, 5.41) is 0.954. The number of aromatic amines is 1. The molecule has 2 heterocycles. The summed E-state index contributed by atoms with van der Waals surface area (Å²) < 4.78 is 13.0. The van der Waals surface area contributed by atoms with Crippen molar-refractivity contribution in [3.05, 3.63) is 71.2 Å².